The van der Waals surface area contributed by atoms with Gasteiger partial charge in [-0.15, -0.1) is 0 Å². The molecule has 0 heterocycles. The molecule has 0 saturated heterocycles. The second-order valence-corrected chi connectivity index (χ2v) is 3.74. The van der Waals surface area contributed by atoms with E-state index in [2.05, 4.69) is 36.2 Å². The van der Waals surface area contributed by atoms with E-state index in [1.54, 1.807) is 0 Å². The van der Waals surface area contributed by atoms with Gasteiger partial charge in [0.05, 0.1) is 5.84 Å². The zero-order valence-corrected chi connectivity index (χ0v) is 16.4. The number of amidine groups is 1. The van der Waals surface area contributed by atoms with Gasteiger partial charge in [-0.25, -0.2) is 0 Å². The number of hydrogen-bond donors (Lipinski definition) is 2. The van der Waals surface area contributed by atoms with Gasteiger partial charge in [0.25, 0.3) is 0 Å². The Hall–Kier alpha value is -0.900. The fourth-order valence-electron chi connectivity index (χ4n) is 1.10. The van der Waals surface area contributed by atoms with Crippen molar-refractivity contribution >= 4 is 12.6 Å². The first-order valence-corrected chi connectivity index (χ1v) is 8.30. The molecule has 0 spiro atoms. The zero-order chi connectivity index (χ0) is 18.1. The molecule has 0 aromatic carbocycles. The quantitative estimate of drug-likeness (QED) is 0.419. The maximum Gasteiger partial charge on any atom is 0.0952 e. The van der Waals surface area contributed by atoms with Crippen LogP contribution in [0.5, 0.6) is 0 Å². The van der Waals surface area contributed by atoms with Gasteiger partial charge in [0.15, 0.2) is 0 Å². The molecule has 0 unspecified atom stereocenters. The highest BCUT2D eigenvalue weighted by atomic mass is 15.1. The summed E-state index contributed by atoms with van der Waals surface area (Å²) in [6.45, 7) is 15.8. The lowest BCUT2D eigenvalue weighted by Gasteiger charge is -2.10. The Morgan fingerprint density at radius 3 is 1.67 bits per heavy atom. The van der Waals surface area contributed by atoms with Crippen molar-refractivity contribution in [1.29, 1.82) is 5.41 Å². The van der Waals surface area contributed by atoms with Gasteiger partial charge in [-0.2, -0.15) is 0 Å². The van der Waals surface area contributed by atoms with Crippen LogP contribution in [-0.4, -0.2) is 45.1 Å². The average molecular weight is 305 g/mol. The average Bonchev–Trinajstić information content (AvgIpc) is 2.58. The summed E-state index contributed by atoms with van der Waals surface area (Å²) in [4.78, 5) is 6.53. The molecule has 4 nitrogen and oxygen atoms in total. The Balaban J connectivity index is -0.0000000912. The van der Waals surface area contributed by atoms with Crippen molar-refractivity contribution in [1.82, 2.24) is 4.90 Å². The standard InChI is InChI=1S/C11H24N2.2C2H6.CH5N.CH3N/c1-5-6-7-8-9-10-12-11(2)13(3)4;4*1-2/h5-10H2,1-4H3;2*1-2H3;2H2,1H3;2H,1H2. The lowest BCUT2D eigenvalue weighted by molar-refractivity contribution is 0.603. The summed E-state index contributed by atoms with van der Waals surface area (Å²) in [5.74, 6) is 1.13. The van der Waals surface area contributed by atoms with Crippen LogP contribution < -0.4 is 5.73 Å². The lowest BCUT2D eigenvalue weighted by Crippen LogP contribution is -2.18. The molecule has 4 heteroatoms. The monoisotopic (exact) mass is 304 g/mol. The first-order valence-electron chi connectivity index (χ1n) is 8.30. The molecule has 0 fully saturated rings. The predicted octanol–water partition coefficient (Wildman–Crippen LogP) is 4.83. The van der Waals surface area contributed by atoms with Gasteiger partial charge < -0.3 is 16.0 Å². The largest absolute Gasteiger partial charge is 0.367 e. The summed E-state index contributed by atoms with van der Waals surface area (Å²) in [6.07, 6.45) is 6.63. The number of rotatable bonds is 6. The zero-order valence-electron chi connectivity index (χ0n) is 16.4. The van der Waals surface area contributed by atoms with Gasteiger partial charge in [0, 0.05) is 20.6 Å². The van der Waals surface area contributed by atoms with Crippen molar-refractivity contribution in [2.75, 3.05) is 27.7 Å². The molecule has 3 N–H and O–H groups in total. The summed E-state index contributed by atoms with van der Waals surface area (Å²) >= 11 is 0. The first kappa shape index (κ1) is 32.2. The summed E-state index contributed by atoms with van der Waals surface area (Å²) in [5, 5.41) is 5.50. The highest BCUT2D eigenvalue weighted by Gasteiger charge is 1.91. The van der Waals surface area contributed by atoms with Crippen LogP contribution in [0.3, 0.4) is 0 Å². The molecule has 0 saturated carbocycles. The van der Waals surface area contributed by atoms with E-state index in [1.165, 1.54) is 39.2 Å². The van der Waals surface area contributed by atoms with Gasteiger partial charge >= 0.3 is 0 Å². The second-order valence-electron chi connectivity index (χ2n) is 3.74. The number of nitrogens with one attached hydrogen (secondary N) is 1. The number of nitrogens with zero attached hydrogens (tertiary/aromatic N) is 2. The van der Waals surface area contributed by atoms with Crippen molar-refractivity contribution in [3.05, 3.63) is 0 Å². The van der Waals surface area contributed by atoms with E-state index in [1.807, 2.05) is 41.8 Å². The van der Waals surface area contributed by atoms with Gasteiger partial charge in [0.1, 0.15) is 0 Å². The molecule has 0 bridgehead atoms. The summed E-state index contributed by atoms with van der Waals surface area (Å²) in [5.41, 5.74) is 4.50. The SMILES string of the molecule is C=N.CC.CC.CCCCCCCN=C(C)N(C)C.CN. The van der Waals surface area contributed by atoms with Gasteiger partial charge in [-0.05, 0) is 27.1 Å². The third-order valence-electron chi connectivity index (χ3n) is 2.25. The molecule has 0 aromatic heterocycles. The second kappa shape index (κ2) is 42.7. The van der Waals surface area contributed by atoms with E-state index in [-0.39, 0.29) is 0 Å². The molecule has 0 rings (SSSR count). The van der Waals surface area contributed by atoms with Crippen LogP contribution in [0, 0.1) is 5.41 Å². The molecule has 0 aliphatic carbocycles. The van der Waals surface area contributed by atoms with E-state index < -0.39 is 0 Å². The molecule has 0 aliphatic heterocycles. The maximum absolute atomic E-state index is 5.50. The highest BCUT2D eigenvalue weighted by molar-refractivity contribution is 5.79. The van der Waals surface area contributed by atoms with Crippen molar-refractivity contribution in [2.24, 2.45) is 10.7 Å². The molecule has 132 valence electrons. The van der Waals surface area contributed by atoms with Crippen LogP contribution in [-0.2, 0) is 0 Å². The molecule has 0 atom stereocenters. The Bertz CT molecular complexity index is 157. The Morgan fingerprint density at radius 2 is 1.33 bits per heavy atom. The van der Waals surface area contributed by atoms with Crippen LogP contribution >= 0.6 is 0 Å². The topological polar surface area (TPSA) is 65.5 Å². The predicted molar refractivity (Wildman–Crippen MR) is 103 cm³/mol. The molecule has 21 heavy (non-hydrogen) atoms. The molecular formula is C17H44N4. The van der Waals surface area contributed by atoms with Crippen LogP contribution in [0.1, 0.15) is 73.6 Å². The van der Waals surface area contributed by atoms with Crippen molar-refractivity contribution < 1.29 is 0 Å². The lowest BCUT2D eigenvalue weighted by atomic mass is 10.2. The van der Waals surface area contributed by atoms with Crippen LogP contribution in [0.15, 0.2) is 4.99 Å². The van der Waals surface area contributed by atoms with Crippen LogP contribution in [0.25, 0.3) is 0 Å². The summed E-state index contributed by atoms with van der Waals surface area (Å²) in [6, 6.07) is 0. The Labute approximate surface area is 135 Å². The smallest absolute Gasteiger partial charge is 0.0952 e. The van der Waals surface area contributed by atoms with E-state index in [0.717, 1.165) is 12.4 Å². The third kappa shape index (κ3) is 45.3. The van der Waals surface area contributed by atoms with Gasteiger partial charge in [0.2, 0.25) is 0 Å². The van der Waals surface area contributed by atoms with Gasteiger partial charge in [-0.1, -0.05) is 60.3 Å². The van der Waals surface area contributed by atoms with Gasteiger partial charge in [-0.3, -0.25) is 4.99 Å². The normalized spacial score (nSPS) is 8.38. The number of aliphatic imine (C=N–C) groups is 1. The minimum absolute atomic E-state index is 0.994. The van der Waals surface area contributed by atoms with Crippen molar-refractivity contribution in [3.63, 3.8) is 0 Å². The molecule has 0 radical (unpaired) electrons. The van der Waals surface area contributed by atoms with E-state index >= 15 is 0 Å². The summed E-state index contributed by atoms with van der Waals surface area (Å²) < 4.78 is 0. The molecule has 0 aliphatic rings. The van der Waals surface area contributed by atoms with Crippen molar-refractivity contribution in [2.45, 2.75) is 73.6 Å². The number of hydrogen-bond acceptors (Lipinski definition) is 3. The fourth-order valence-corrected chi connectivity index (χ4v) is 1.10. The van der Waals surface area contributed by atoms with Crippen LogP contribution in [0.4, 0.5) is 0 Å². The molecular weight excluding hydrogens is 260 g/mol. The van der Waals surface area contributed by atoms with Crippen LogP contribution in [0.2, 0.25) is 0 Å². The fraction of sp³-hybridized carbons (Fsp3) is 0.882. The highest BCUT2D eigenvalue weighted by Crippen LogP contribution is 2.02. The van der Waals surface area contributed by atoms with E-state index in [9.17, 15) is 0 Å². The summed E-state index contributed by atoms with van der Waals surface area (Å²) in [7, 11) is 5.58. The first-order chi connectivity index (χ1) is 10.2. The van der Waals surface area contributed by atoms with E-state index in [4.69, 9.17) is 5.41 Å². The molecule has 0 amide bonds. The number of nitrogens with two attached hydrogens (primary N) is 1. The minimum Gasteiger partial charge on any atom is -0.367 e. The third-order valence-corrected chi connectivity index (χ3v) is 2.25. The molecule has 0 aromatic rings. The number of unbranched alkanes of at least 4 members (excludes halogenated alkanes) is 4. The van der Waals surface area contributed by atoms with E-state index in [0.29, 0.717) is 0 Å². The maximum atomic E-state index is 5.50. The van der Waals surface area contributed by atoms with Crippen molar-refractivity contribution in [3.8, 4) is 0 Å². The Morgan fingerprint density at radius 1 is 0.952 bits per heavy atom. The minimum atomic E-state index is 0.994. The Kier molecular flexibility index (Phi) is 65.4.